The normalized spacial score (nSPS) is 11.9. The van der Waals surface area contributed by atoms with E-state index < -0.39 is 10.0 Å². The Labute approximate surface area is 122 Å². The summed E-state index contributed by atoms with van der Waals surface area (Å²) in [6, 6.07) is 0. The van der Waals surface area contributed by atoms with E-state index in [2.05, 4.69) is 14.9 Å². The first kappa shape index (κ1) is 15.0. The van der Waals surface area contributed by atoms with E-state index >= 15 is 0 Å². The molecule has 0 aliphatic rings. The van der Waals surface area contributed by atoms with Crippen LogP contribution in [0.5, 0.6) is 0 Å². The molecule has 2 aromatic rings. The maximum Gasteiger partial charge on any atom is 0.243 e. The highest BCUT2D eigenvalue weighted by molar-refractivity contribution is 7.89. The van der Waals surface area contributed by atoms with Gasteiger partial charge in [0.15, 0.2) is 0 Å². The highest BCUT2D eigenvalue weighted by Crippen LogP contribution is 2.12. The van der Waals surface area contributed by atoms with E-state index in [0.29, 0.717) is 30.2 Å². The van der Waals surface area contributed by atoms with Crippen LogP contribution in [-0.4, -0.2) is 34.5 Å². The molecule has 0 saturated carbocycles. The fraction of sp³-hybridized carbons (Fsp3) is 0.455. The predicted octanol–water partition coefficient (Wildman–Crippen LogP) is 0.947. The van der Waals surface area contributed by atoms with Crippen LogP contribution < -0.4 is 4.72 Å². The van der Waals surface area contributed by atoms with Crippen LogP contribution >= 0.6 is 11.6 Å². The van der Waals surface area contributed by atoms with Gasteiger partial charge in [0, 0.05) is 26.3 Å². The van der Waals surface area contributed by atoms with Crippen LogP contribution in [-0.2, 0) is 23.6 Å². The van der Waals surface area contributed by atoms with Crippen molar-refractivity contribution in [2.75, 3.05) is 6.54 Å². The van der Waals surface area contributed by atoms with Crippen molar-refractivity contribution in [1.82, 2.24) is 24.3 Å². The van der Waals surface area contributed by atoms with Crippen LogP contribution in [0.25, 0.3) is 0 Å². The summed E-state index contributed by atoms with van der Waals surface area (Å²) in [6.45, 7) is 2.64. The van der Waals surface area contributed by atoms with E-state index in [0.717, 1.165) is 0 Å². The lowest BCUT2D eigenvalue weighted by Crippen LogP contribution is -2.26. The Morgan fingerprint density at radius 3 is 2.65 bits per heavy atom. The number of rotatable bonds is 6. The molecular formula is C11H16ClN5O2S. The molecule has 20 heavy (non-hydrogen) atoms. The molecule has 2 aromatic heterocycles. The van der Waals surface area contributed by atoms with E-state index in [4.69, 9.17) is 11.6 Å². The lowest BCUT2D eigenvalue weighted by molar-refractivity contribution is 0.552. The van der Waals surface area contributed by atoms with Gasteiger partial charge in [-0.15, -0.1) is 0 Å². The Balaban J connectivity index is 1.88. The highest BCUT2D eigenvalue weighted by atomic mass is 35.5. The third-order valence-corrected chi connectivity index (χ3v) is 4.70. The minimum Gasteiger partial charge on any atom is -0.272 e. The van der Waals surface area contributed by atoms with Crippen LogP contribution in [0.3, 0.4) is 0 Å². The van der Waals surface area contributed by atoms with E-state index in [1.165, 1.54) is 10.9 Å². The summed E-state index contributed by atoms with van der Waals surface area (Å²) in [4.78, 5) is 0.210. The number of hydrogen-bond acceptors (Lipinski definition) is 4. The molecule has 0 saturated heterocycles. The van der Waals surface area contributed by atoms with Gasteiger partial charge in [-0.1, -0.05) is 11.6 Å². The van der Waals surface area contributed by atoms with Crippen LogP contribution in [0.15, 0.2) is 23.5 Å². The molecule has 0 aliphatic heterocycles. The van der Waals surface area contributed by atoms with E-state index in [1.54, 1.807) is 31.0 Å². The molecule has 0 spiro atoms. The summed E-state index contributed by atoms with van der Waals surface area (Å²) in [5, 5.41) is 8.52. The Kier molecular flexibility index (Phi) is 4.46. The van der Waals surface area contributed by atoms with Crippen molar-refractivity contribution in [3.63, 3.8) is 0 Å². The topological polar surface area (TPSA) is 81.8 Å². The van der Waals surface area contributed by atoms with Crippen molar-refractivity contribution in [2.45, 2.75) is 24.8 Å². The largest absolute Gasteiger partial charge is 0.272 e. The van der Waals surface area contributed by atoms with Crippen molar-refractivity contribution < 1.29 is 8.42 Å². The molecule has 0 radical (unpaired) electrons. The lowest BCUT2D eigenvalue weighted by Gasteiger charge is -2.06. The molecule has 0 aliphatic carbocycles. The van der Waals surface area contributed by atoms with Crippen LogP contribution in [0.2, 0.25) is 5.02 Å². The monoisotopic (exact) mass is 317 g/mol. The third kappa shape index (κ3) is 3.38. The Bertz CT molecular complexity index is 691. The molecule has 110 valence electrons. The fourth-order valence-corrected chi connectivity index (χ4v) is 3.16. The van der Waals surface area contributed by atoms with Crippen molar-refractivity contribution in [3.8, 4) is 0 Å². The zero-order valence-electron chi connectivity index (χ0n) is 11.2. The third-order valence-electron chi connectivity index (χ3n) is 2.94. The Hall–Kier alpha value is -1.38. The summed E-state index contributed by atoms with van der Waals surface area (Å²) in [5.74, 6) is 0. The molecule has 0 aromatic carbocycles. The van der Waals surface area contributed by atoms with Crippen molar-refractivity contribution >= 4 is 21.6 Å². The SMILES string of the molecule is Cc1c(S(=O)(=O)NCCCn2cc(Cl)cn2)cnn1C. The van der Waals surface area contributed by atoms with Gasteiger partial charge >= 0.3 is 0 Å². The van der Waals surface area contributed by atoms with Gasteiger partial charge in [-0.3, -0.25) is 9.36 Å². The van der Waals surface area contributed by atoms with Crippen LogP contribution in [0.1, 0.15) is 12.1 Å². The van der Waals surface area contributed by atoms with Crippen LogP contribution in [0.4, 0.5) is 0 Å². The summed E-state index contributed by atoms with van der Waals surface area (Å²) in [7, 11) is -1.80. The molecule has 2 heterocycles. The molecule has 0 fully saturated rings. The number of sulfonamides is 1. The van der Waals surface area contributed by atoms with Gasteiger partial charge in [0.1, 0.15) is 4.90 Å². The average molecular weight is 318 g/mol. The smallest absolute Gasteiger partial charge is 0.243 e. The van der Waals surface area contributed by atoms with Gasteiger partial charge in [-0.05, 0) is 13.3 Å². The maximum atomic E-state index is 12.1. The minimum absolute atomic E-state index is 0.210. The molecule has 7 nitrogen and oxygen atoms in total. The summed E-state index contributed by atoms with van der Waals surface area (Å²) in [6.07, 6.45) is 5.22. The summed E-state index contributed by atoms with van der Waals surface area (Å²) in [5.41, 5.74) is 0.608. The van der Waals surface area contributed by atoms with Gasteiger partial charge in [-0.2, -0.15) is 10.2 Å². The molecular weight excluding hydrogens is 302 g/mol. The van der Waals surface area contributed by atoms with E-state index in [9.17, 15) is 8.42 Å². The predicted molar refractivity (Wildman–Crippen MR) is 75.0 cm³/mol. The quantitative estimate of drug-likeness (QED) is 0.804. The summed E-state index contributed by atoms with van der Waals surface area (Å²) < 4.78 is 29.9. The number of nitrogens with zero attached hydrogens (tertiary/aromatic N) is 4. The van der Waals surface area contributed by atoms with Gasteiger partial charge in [-0.25, -0.2) is 13.1 Å². The van der Waals surface area contributed by atoms with Gasteiger partial charge in [0.05, 0.1) is 23.1 Å². The second kappa shape index (κ2) is 5.94. The zero-order chi connectivity index (χ0) is 14.8. The number of aryl methyl sites for hydroxylation is 2. The van der Waals surface area contributed by atoms with Gasteiger partial charge < -0.3 is 0 Å². The maximum absolute atomic E-state index is 12.1. The first-order valence-electron chi connectivity index (χ1n) is 6.06. The van der Waals surface area contributed by atoms with E-state index in [-0.39, 0.29) is 4.90 Å². The molecule has 0 bridgehead atoms. The van der Waals surface area contributed by atoms with Crippen LogP contribution in [0, 0.1) is 6.92 Å². The Morgan fingerprint density at radius 2 is 2.10 bits per heavy atom. The molecule has 2 rings (SSSR count). The molecule has 0 unspecified atom stereocenters. The van der Waals surface area contributed by atoms with Gasteiger partial charge in [0.2, 0.25) is 10.0 Å². The molecule has 0 atom stereocenters. The lowest BCUT2D eigenvalue weighted by atomic mass is 10.4. The fourth-order valence-electron chi connectivity index (χ4n) is 1.73. The Morgan fingerprint density at radius 1 is 1.35 bits per heavy atom. The molecule has 9 heteroatoms. The molecule has 1 N–H and O–H groups in total. The van der Waals surface area contributed by atoms with Crippen molar-refractivity contribution in [1.29, 1.82) is 0 Å². The number of aromatic nitrogens is 4. The van der Waals surface area contributed by atoms with Crippen molar-refractivity contribution in [3.05, 3.63) is 29.3 Å². The van der Waals surface area contributed by atoms with Crippen molar-refractivity contribution in [2.24, 2.45) is 7.05 Å². The minimum atomic E-state index is -3.51. The average Bonchev–Trinajstić information content (AvgIpc) is 2.93. The summed E-state index contributed by atoms with van der Waals surface area (Å²) >= 11 is 5.74. The second-order valence-electron chi connectivity index (χ2n) is 4.39. The number of hydrogen-bond donors (Lipinski definition) is 1. The van der Waals surface area contributed by atoms with E-state index in [1.807, 2.05) is 0 Å². The highest BCUT2D eigenvalue weighted by Gasteiger charge is 2.19. The van der Waals surface area contributed by atoms with Gasteiger partial charge in [0.25, 0.3) is 0 Å². The molecule has 0 amide bonds. The second-order valence-corrected chi connectivity index (χ2v) is 6.56. The number of nitrogens with one attached hydrogen (secondary N) is 1. The first-order chi connectivity index (χ1) is 9.40. The number of halogens is 1. The zero-order valence-corrected chi connectivity index (χ0v) is 12.8. The first-order valence-corrected chi connectivity index (χ1v) is 7.92. The standard InChI is InChI=1S/C11H16ClN5O2S/c1-9-11(7-13-16(9)2)20(18,19)15-4-3-5-17-8-10(12)6-14-17/h6-8,15H,3-5H2,1-2H3.